The monoisotopic (exact) mass is 397 g/mol. The summed E-state index contributed by atoms with van der Waals surface area (Å²) in [6.45, 7) is 1.35. The van der Waals surface area contributed by atoms with Gasteiger partial charge in [0.1, 0.15) is 5.82 Å². The van der Waals surface area contributed by atoms with Crippen molar-refractivity contribution < 1.29 is 34.8 Å². The van der Waals surface area contributed by atoms with Crippen LogP contribution in [0.4, 0.5) is 26.3 Å². The Bertz CT molecular complexity index is 927. The molecule has 1 atom stereocenters. The summed E-state index contributed by atoms with van der Waals surface area (Å²) in [5.74, 6) is -3.92. The third kappa shape index (κ3) is 3.85. The van der Waals surface area contributed by atoms with Gasteiger partial charge in [0.15, 0.2) is 11.6 Å². The molecule has 0 bridgehead atoms. The number of alkyl halides is 3. The van der Waals surface area contributed by atoms with Crippen LogP contribution in [-0.4, -0.2) is 19.8 Å². The highest BCUT2D eigenvalue weighted by atomic mass is 32.2. The second kappa shape index (κ2) is 6.92. The smallest absolute Gasteiger partial charge is 0.207 e. The lowest BCUT2D eigenvalue weighted by Crippen LogP contribution is -2.30. The maximum Gasteiger partial charge on any atom is 0.419 e. The molecule has 3 nitrogen and oxygen atoms in total. The van der Waals surface area contributed by atoms with Crippen LogP contribution < -0.4 is 0 Å². The lowest BCUT2D eigenvalue weighted by atomic mass is 10.1. The molecule has 0 heterocycles. The SMILES string of the molecule is CC(c1ccc(F)c(F)c1)N(C)S(=O)(=O)c1ccc(F)c(C(F)(F)F)c1. The molecule has 1 unspecified atom stereocenters. The molecular formula is C16H13F6NO2S. The minimum Gasteiger partial charge on any atom is -0.207 e. The molecule has 0 N–H and O–H groups in total. The first-order chi connectivity index (χ1) is 11.9. The van der Waals surface area contributed by atoms with Crippen LogP contribution in [-0.2, 0) is 16.2 Å². The quantitative estimate of drug-likeness (QED) is 0.713. The zero-order chi connectivity index (χ0) is 19.9. The van der Waals surface area contributed by atoms with Gasteiger partial charge in [0.2, 0.25) is 10.0 Å². The molecule has 0 amide bonds. The third-order valence-corrected chi connectivity index (χ3v) is 5.82. The second-order valence-corrected chi connectivity index (χ2v) is 7.51. The molecule has 0 radical (unpaired) electrons. The molecule has 10 heteroatoms. The van der Waals surface area contributed by atoms with Crippen LogP contribution in [0.1, 0.15) is 24.1 Å². The highest BCUT2D eigenvalue weighted by Crippen LogP contribution is 2.34. The summed E-state index contributed by atoms with van der Waals surface area (Å²) < 4.78 is 104. The van der Waals surface area contributed by atoms with Crippen molar-refractivity contribution in [2.75, 3.05) is 7.05 Å². The molecule has 2 aromatic rings. The summed E-state index contributed by atoms with van der Waals surface area (Å²) >= 11 is 0. The Morgan fingerprint density at radius 2 is 1.50 bits per heavy atom. The van der Waals surface area contributed by atoms with Gasteiger partial charge in [-0.15, -0.1) is 0 Å². The van der Waals surface area contributed by atoms with Gasteiger partial charge in [0.05, 0.1) is 10.5 Å². The number of sulfonamides is 1. The third-order valence-electron chi connectivity index (χ3n) is 3.89. The predicted molar refractivity (Wildman–Crippen MR) is 81.1 cm³/mol. The van der Waals surface area contributed by atoms with E-state index in [-0.39, 0.29) is 11.6 Å². The van der Waals surface area contributed by atoms with Gasteiger partial charge in [0, 0.05) is 13.1 Å². The van der Waals surface area contributed by atoms with Crippen LogP contribution in [0.3, 0.4) is 0 Å². The average molecular weight is 397 g/mol. The molecule has 2 rings (SSSR count). The van der Waals surface area contributed by atoms with Gasteiger partial charge < -0.3 is 0 Å². The number of benzene rings is 2. The summed E-state index contributed by atoms with van der Waals surface area (Å²) in [7, 11) is -3.39. The fraction of sp³-hybridized carbons (Fsp3) is 0.250. The van der Waals surface area contributed by atoms with E-state index in [1.165, 1.54) is 6.92 Å². The highest BCUT2D eigenvalue weighted by Gasteiger charge is 2.36. The maximum atomic E-state index is 13.4. The van der Waals surface area contributed by atoms with E-state index in [2.05, 4.69) is 0 Å². The normalized spacial score (nSPS) is 13.9. The van der Waals surface area contributed by atoms with E-state index in [1.54, 1.807) is 0 Å². The van der Waals surface area contributed by atoms with Crippen molar-refractivity contribution >= 4 is 10.0 Å². The van der Waals surface area contributed by atoms with Crippen molar-refractivity contribution in [2.45, 2.75) is 24.0 Å². The Morgan fingerprint density at radius 3 is 2.04 bits per heavy atom. The van der Waals surface area contributed by atoms with Crippen molar-refractivity contribution in [1.82, 2.24) is 4.31 Å². The van der Waals surface area contributed by atoms with Crippen LogP contribution >= 0.6 is 0 Å². The second-order valence-electron chi connectivity index (χ2n) is 5.51. The minimum absolute atomic E-state index is 0.0909. The van der Waals surface area contributed by atoms with E-state index >= 15 is 0 Å². The Balaban J connectivity index is 2.44. The van der Waals surface area contributed by atoms with Gasteiger partial charge in [-0.1, -0.05) is 6.07 Å². The Labute approximate surface area is 145 Å². The van der Waals surface area contributed by atoms with Gasteiger partial charge in [-0.25, -0.2) is 21.6 Å². The Morgan fingerprint density at radius 1 is 0.923 bits per heavy atom. The largest absolute Gasteiger partial charge is 0.419 e. The molecule has 0 aliphatic heterocycles. The van der Waals surface area contributed by atoms with Crippen LogP contribution in [0.15, 0.2) is 41.3 Å². The summed E-state index contributed by atoms with van der Waals surface area (Å²) in [6.07, 6.45) is -5.07. The molecule has 26 heavy (non-hydrogen) atoms. The van der Waals surface area contributed by atoms with E-state index in [0.29, 0.717) is 16.4 Å². The van der Waals surface area contributed by atoms with E-state index in [4.69, 9.17) is 0 Å². The van der Waals surface area contributed by atoms with Crippen LogP contribution in [0.5, 0.6) is 0 Å². The number of hydrogen-bond acceptors (Lipinski definition) is 2. The first-order valence-electron chi connectivity index (χ1n) is 7.15. The van der Waals surface area contributed by atoms with E-state index in [0.717, 1.165) is 25.2 Å². The molecule has 0 fully saturated rings. The van der Waals surface area contributed by atoms with E-state index in [9.17, 15) is 34.8 Å². The van der Waals surface area contributed by atoms with Crippen molar-refractivity contribution in [2.24, 2.45) is 0 Å². The number of halogens is 6. The number of nitrogens with zero attached hydrogens (tertiary/aromatic N) is 1. The molecule has 0 saturated heterocycles. The molecule has 142 valence electrons. The first kappa shape index (κ1) is 20.2. The highest BCUT2D eigenvalue weighted by molar-refractivity contribution is 7.89. The van der Waals surface area contributed by atoms with Gasteiger partial charge in [-0.2, -0.15) is 17.5 Å². The van der Waals surface area contributed by atoms with Gasteiger partial charge in [-0.3, -0.25) is 0 Å². The lowest BCUT2D eigenvalue weighted by Gasteiger charge is -2.25. The lowest BCUT2D eigenvalue weighted by molar-refractivity contribution is -0.140. The van der Waals surface area contributed by atoms with Crippen LogP contribution in [0.2, 0.25) is 0 Å². The molecule has 2 aromatic carbocycles. The summed E-state index contributed by atoms with van der Waals surface area (Å²) in [4.78, 5) is -0.775. The van der Waals surface area contributed by atoms with Crippen LogP contribution in [0.25, 0.3) is 0 Å². The van der Waals surface area contributed by atoms with Gasteiger partial charge in [0.25, 0.3) is 0 Å². The Hall–Kier alpha value is -2.07. The summed E-state index contributed by atoms with van der Waals surface area (Å²) in [5.41, 5.74) is -1.62. The average Bonchev–Trinajstić information content (AvgIpc) is 2.55. The minimum atomic E-state index is -5.07. The molecule has 0 aromatic heterocycles. The fourth-order valence-electron chi connectivity index (χ4n) is 2.24. The van der Waals surface area contributed by atoms with E-state index < -0.39 is 50.2 Å². The van der Waals surface area contributed by atoms with Gasteiger partial charge in [-0.05, 0) is 42.8 Å². The predicted octanol–water partition coefficient (Wildman–Crippen LogP) is 4.50. The van der Waals surface area contributed by atoms with Crippen molar-refractivity contribution in [3.05, 3.63) is 65.0 Å². The number of hydrogen-bond donors (Lipinski definition) is 0. The van der Waals surface area contributed by atoms with Crippen molar-refractivity contribution in [3.63, 3.8) is 0 Å². The maximum absolute atomic E-state index is 13.4. The van der Waals surface area contributed by atoms with Crippen molar-refractivity contribution in [1.29, 1.82) is 0 Å². The first-order valence-corrected chi connectivity index (χ1v) is 8.59. The topological polar surface area (TPSA) is 37.4 Å². The van der Waals surface area contributed by atoms with Crippen LogP contribution in [0, 0.1) is 17.5 Å². The summed E-state index contributed by atoms with van der Waals surface area (Å²) in [5, 5.41) is 0. The van der Waals surface area contributed by atoms with E-state index in [1.807, 2.05) is 0 Å². The molecule has 0 spiro atoms. The zero-order valence-electron chi connectivity index (χ0n) is 13.5. The Kier molecular flexibility index (Phi) is 5.39. The summed E-state index contributed by atoms with van der Waals surface area (Å²) in [6, 6.07) is 3.04. The number of rotatable bonds is 4. The van der Waals surface area contributed by atoms with Crippen molar-refractivity contribution in [3.8, 4) is 0 Å². The molecular weight excluding hydrogens is 384 g/mol. The standard InChI is InChI=1S/C16H13F6NO2S/c1-9(10-3-5-14(18)15(19)7-10)23(2)26(24,25)11-4-6-13(17)12(8-11)16(20,21)22/h3-9H,1-2H3. The fourth-order valence-corrected chi connectivity index (χ4v) is 3.62. The molecule has 0 aliphatic carbocycles. The molecule has 0 saturated carbocycles. The zero-order valence-corrected chi connectivity index (χ0v) is 14.3. The van der Waals surface area contributed by atoms with Gasteiger partial charge >= 0.3 is 6.18 Å². The molecule has 0 aliphatic rings.